The Bertz CT molecular complexity index is 721. The van der Waals surface area contributed by atoms with E-state index in [1.807, 2.05) is 24.0 Å². The van der Waals surface area contributed by atoms with Crippen LogP contribution in [0, 0.1) is 6.92 Å². The van der Waals surface area contributed by atoms with Crippen LogP contribution in [0.25, 0.3) is 11.3 Å². The number of fused-ring (bicyclic) bond motifs is 1. The van der Waals surface area contributed by atoms with Gasteiger partial charge in [0, 0.05) is 29.6 Å². The van der Waals surface area contributed by atoms with E-state index >= 15 is 0 Å². The van der Waals surface area contributed by atoms with Crippen molar-refractivity contribution in [2.75, 3.05) is 11.4 Å². The number of benzene rings is 1. The number of nitrogens with zero attached hydrogens (tertiary/aromatic N) is 2. The number of aromatic nitrogens is 1. The zero-order valence-electron chi connectivity index (χ0n) is 12.0. The molecule has 0 saturated carbocycles. The summed E-state index contributed by atoms with van der Waals surface area (Å²) < 4.78 is 0. The van der Waals surface area contributed by atoms with Crippen LogP contribution >= 0.6 is 11.3 Å². The highest BCUT2D eigenvalue weighted by atomic mass is 32.1. The minimum Gasteiger partial charge on any atom is -0.312 e. The quantitative estimate of drug-likeness (QED) is 0.800. The van der Waals surface area contributed by atoms with Crippen LogP contribution in [0.4, 0.5) is 5.69 Å². The van der Waals surface area contributed by atoms with Gasteiger partial charge in [-0.1, -0.05) is 6.07 Å². The highest BCUT2D eigenvalue weighted by Crippen LogP contribution is 2.33. The summed E-state index contributed by atoms with van der Waals surface area (Å²) >= 11 is 1.41. The third-order valence-electron chi connectivity index (χ3n) is 3.77. The van der Waals surface area contributed by atoms with Gasteiger partial charge in [-0.2, -0.15) is 0 Å². The van der Waals surface area contributed by atoms with Crippen molar-refractivity contribution in [3.63, 3.8) is 0 Å². The van der Waals surface area contributed by atoms with Crippen molar-refractivity contribution < 1.29 is 9.59 Å². The monoisotopic (exact) mass is 300 g/mol. The third-order valence-corrected chi connectivity index (χ3v) is 4.66. The van der Waals surface area contributed by atoms with Crippen LogP contribution in [-0.4, -0.2) is 23.7 Å². The maximum absolute atomic E-state index is 11.7. The van der Waals surface area contributed by atoms with Gasteiger partial charge in [-0.05, 0) is 37.5 Å². The van der Waals surface area contributed by atoms with Crippen LogP contribution in [0.1, 0.15) is 33.6 Å². The molecule has 0 atom stereocenters. The summed E-state index contributed by atoms with van der Waals surface area (Å²) in [4.78, 5) is 29.8. The molecule has 4 nitrogen and oxygen atoms in total. The topological polar surface area (TPSA) is 50.3 Å². The second-order valence-electron chi connectivity index (χ2n) is 5.19. The van der Waals surface area contributed by atoms with Crippen molar-refractivity contribution in [3.8, 4) is 11.3 Å². The maximum Gasteiger partial charge on any atom is 0.223 e. The molecule has 0 bridgehead atoms. The van der Waals surface area contributed by atoms with Gasteiger partial charge in [-0.25, -0.2) is 4.98 Å². The molecule has 108 valence electrons. The molecular formula is C16H16N2O2S. The Morgan fingerprint density at radius 2 is 2.24 bits per heavy atom. The van der Waals surface area contributed by atoms with Gasteiger partial charge in [-0.3, -0.25) is 9.59 Å². The molecule has 0 spiro atoms. The molecule has 1 aromatic heterocycles. The predicted molar refractivity (Wildman–Crippen MR) is 84.0 cm³/mol. The largest absolute Gasteiger partial charge is 0.312 e. The fourth-order valence-electron chi connectivity index (χ4n) is 2.81. The number of carbonyl (C=O) groups excluding carboxylic acids is 2. The van der Waals surface area contributed by atoms with E-state index in [0.717, 1.165) is 47.5 Å². The molecule has 0 radical (unpaired) electrons. The first-order valence-corrected chi connectivity index (χ1v) is 7.76. The van der Waals surface area contributed by atoms with Crippen molar-refractivity contribution in [3.05, 3.63) is 33.6 Å². The molecule has 0 aliphatic carbocycles. The minimum absolute atomic E-state index is 0.0804. The van der Waals surface area contributed by atoms with E-state index in [0.29, 0.717) is 5.01 Å². The summed E-state index contributed by atoms with van der Waals surface area (Å²) in [6.45, 7) is 4.36. The summed E-state index contributed by atoms with van der Waals surface area (Å²) in [7, 11) is 0. The zero-order chi connectivity index (χ0) is 15.0. The second-order valence-corrected chi connectivity index (χ2v) is 6.43. The van der Waals surface area contributed by atoms with E-state index < -0.39 is 0 Å². The summed E-state index contributed by atoms with van der Waals surface area (Å²) in [5.41, 5.74) is 4.06. The van der Waals surface area contributed by atoms with Gasteiger partial charge < -0.3 is 4.90 Å². The first-order chi connectivity index (χ1) is 10.1. The lowest BCUT2D eigenvalue weighted by Crippen LogP contribution is -2.33. The van der Waals surface area contributed by atoms with Gasteiger partial charge in [0.25, 0.3) is 0 Å². The highest BCUT2D eigenvalue weighted by Gasteiger charge is 2.21. The summed E-state index contributed by atoms with van der Waals surface area (Å²) in [5, 5.41) is 0.505. The first kappa shape index (κ1) is 13.9. The van der Waals surface area contributed by atoms with Crippen LogP contribution in [0.2, 0.25) is 0 Å². The SMILES string of the molecule is CC(=O)N1CCCc2cc(-c3nc(C=O)sc3C)ccc21. The summed E-state index contributed by atoms with van der Waals surface area (Å²) in [6, 6.07) is 6.07. The Kier molecular flexibility index (Phi) is 3.59. The number of hydrogen-bond donors (Lipinski definition) is 0. The van der Waals surface area contributed by atoms with Crippen molar-refractivity contribution >= 4 is 29.2 Å². The average Bonchev–Trinajstić information content (AvgIpc) is 2.87. The molecule has 2 aromatic rings. The van der Waals surface area contributed by atoms with Crippen LogP contribution in [0.15, 0.2) is 18.2 Å². The number of carbonyl (C=O) groups is 2. The molecule has 21 heavy (non-hydrogen) atoms. The lowest BCUT2D eigenvalue weighted by Gasteiger charge is -2.28. The third kappa shape index (κ3) is 2.49. The Morgan fingerprint density at radius 1 is 1.43 bits per heavy atom. The molecule has 0 fully saturated rings. The molecule has 0 saturated heterocycles. The molecule has 1 aliphatic rings. The van der Waals surface area contributed by atoms with Crippen molar-refractivity contribution in [2.24, 2.45) is 0 Å². The second kappa shape index (κ2) is 5.41. The zero-order valence-corrected chi connectivity index (χ0v) is 12.9. The van der Waals surface area contributed by atoms with Crippen LogP contribution < -0.4 is 4.90 Å². The molecule has 3 rings (SSSR count). The molecule has 1 aromatic carbocycles. The van der Waals surface area contributed by atoms with Crippen LogP contribution in [0.5, 0.6) is 0 Å². The maximum atomic E-state index is 11.7. The van der Waals surface area contributed by atoms with Crippen molar-refractivity contribution in [1.29, 1.82) is 0 Å². The molecule has 1 amide bonds. The fraction of sp³-hybridized carbons (Fsp3) is 0.312. The number of amides is 1. The lowest BCUT2D eigenvalue weighted by atomic mass is 9.98. The van der Waals surface area contributed by atoms with Gasteiger partial charge in [-0.15, -0.1) is 11.3 Å². The number of aldehydes is 1. The number of hydrogen-bond acceptors (Lipinski definition) is 4. The highest BCUT2D eigenvalue weighted by molar-refractivity contribution is 7.13. The van der Waals surface area contributed by atoms with E-state index in [9.17, 15) is 9.59 Å². The smallest absolute Gasteiger partial charge is 0.223 e. The van der Waals surface area contributed by atoms with E-state index in [1.54, 1.807) is 6.92 Å². The normalized spacial score (nSPS) is 13.9. The minimum atomic E-state index is 0.0804. The number of aryl methyl sites for hydroxylation is 2. The molecule has 0 N–H and O–H groups in total. The molecule has 5 heteroatoms. The van der Waals surface area contributed by atoms with E-state index in [-0.39, 0.29) is 5.91 Å². The average molecular weight is 300 g/mol. The standard InChI is InChI=1S/C16H16N2O2S/c1-10-16(17-15(9-19)21-10)13-5-6-14-12(8-13)4-3-7-18(14)11(2)20/h5-6,8-9H,3-4,7H2,1-2H3. The fourth-order valence-corrected chi connectivity index (χ4v) is 3.57. The molecular weight excluding hydrogens is 284 g/mol. The Morgan fingerprint density at radius 3 is 2.90 bits per heavy atom. The number of thiazole rings is 1. The van der Waals surface area contributed by atoms with Gasteiger partial charge in [0.05, 0.1) is 5.69 Å². The van der Waals surface area contributed by atoms with Crippen LogP contribution in [0.3, 0.4) is 0 Å². The summed E-state index contributed by atoms with van der Waals surface area (Å²) in [5.74, 6) is 0.0804. The van der Waals surface area contributed by atoms with Gasteiger partial charge in [0.2, 0.25) is 5.91 Å². The molecule has 0 unspecified atom stereocenters. The van der Waals surface area contributed by atoms with Crippen molar-refractivity contribution in [1.82, 2.24) is 4.98 Å². The molecule has 1 aliphatic heterocycles. The van der Waals surface area contributed by atoms with E-state index in [4.69, 9.17) is 0 Å². The summed E-state index contributed by atoms with van der Waals surface area (Å²) in [6.07, 6.45) is 2.74. The van der Waals surface area contributed by atoms with E-state index in [1.165, 1.54) is 16.9 Å². The Labute approximate surface area is 127 Å². The Balaban J connectivity index is 2.05. The number of anilines is 1. The lowest BCUT2D eigenvalue weighted by molar-refractivity contribution is -0.116. The first-order valence-electron chi connectivity index (χ1n) is 6.94. The van der Waals surface area contributed by atoms with Gasteiger partial charge in [0.15, 0.2) is 11.3 Å². The van der Waals surface area contributed by atoms with Crippen LogP contribution in [-0.2, 0) is 11.2 Å². The Hall–Kier alpha value is -2.01. The van der Waals surface area contributed by atoms with Gasteiger partial charge in [0.1, 0.15) is 0 Å². The van der Waals surface area contributed by atoms with Gasteiger partial charge >= 0.3 is 0 Å². The number of rotatable bonds is 2. The van der Waals surface area contributed by atoms with Crippen molar-refractivity contribution in [2.45, 2.75) is 26.7 Å². The predicted octanol–water partition coefficient (Wildman–Crippen LogP) is 3.23. The van der Waals surface area contributed by atoms with E-state index in [2.05, 4.69) is 11.1 Å². The molecule has 2 heterocycles.